The number of nitrogens with one attached hydrogen (secondary N) is 1. The smallest absolute Gasteiger partial charge is 0.140 e. The van der Waals surface area contributed by atoms with E-state index in [-0.39, 0.29) is 0 Å². The van der Waals surface area contributed by atoms with E-state index in [0.29, 0.717) is 0 Å². The van der Waals surface area contributed by atoms with Gasteiger partial charge in [0, 0.05) is 12.6 Å². The fourth-order valence-electron chi connectivity index (χ4n) is 2.54. The Kier molecular flexibility index (Phi) is 2.00. The average molecular weight is 248 g/mol. The molecule has 0 amide bonds. The molecule has 2 heterocycles. The zero-order chi connectivity index (χ0) is 12.8. The highest BCUT2D eigenvalue weighted by Gasteiger charge is 2.13. The minimum atomic E-state index is 0.964. The van der Waals surface area contributed by atoms with Gasteiger partial charge in [-0.1, -0.05) is 30.3 Å². The molecule has 4 heteroatoms. The SMILES string of the molecule is Cn1c(-c2ccccc2)nc2ccc3[nH]cnc3c21. The molecule has 2 aromatic carbocycles. The van der Waals surface area contributed by atoms with E-state index in [1.54, 1.807) is 6.33 Å². The molecule has 4 rings (SSSR count). The quantitative estimate of drug-likeness (QED) is 0.562. The fraction of sp³-hybridized carbons (Fsp3) is 0.0667. The number of benzene rings is 2. The molecule has 0 radical (unpaired) electrons. The summed E-state index contributed by atoms with van der Waals surface area (Å²) >= 11 is 0. The van der Waals surface area contributed by atoms with Gasteiger partial charge in [-0.25, -0.2) is 9.97 Å². The normalized spacial score (nSPS) is 11.4. The third-order valence-corrected chi connectivity index (χ3v) is 3.46. The second kappa shape index (κ2) is 3.68. The van der Waals surface area contributed by atoms with Gasteiger partial charge in [0.05, 0.1) is 22.9 Å². The number of rotatable bonds is 1. The predicted molar refractivity (Wildman–Crippen MR) is 75.8 cm³/mol. The van der Waals surface area contributed by atoms with Gasteiger partial charge in [0.25, 0.3) is 0 Å². The monoisotopic (exact) mass is 248 g/mol. The van der Waals surface area contributed by atoms with Gasteiger partial charge in [-0.15, -0.1) is 0 Å². The lowest BCUT2D eigenvalue weighted by molar-refractivity contribution is 0.961. The van der Waals surface area contributed by atoms with Crippen molar-refractivity contribution in [3.8, 4) is 11.4 Å². The van der Waals surface area contributed by atoms with Crippen LogP contribution in [0.15, 0.2) is 48.8 Å². The Bertz CT molecular complexity index is 871. The van der Waals surface area contributed by atoms with E-state index in [4.69, 9.17) is 4.98 Å². The molecule has 0 spiro atoms. The van der Waals surface area contributed by atoms with Gasteiger partial charge in [-0.05, 0) is 12.1 Å². The zero-order valence-corrected chi connectivity index (χ0v) is 10.5. The molecule has 4 nitrogen and oxygen atoms in total. The van der Waals surface area contributed by atoms with Gasteiger partial charge in [0.1, 0.15) is 11.3 Å². The Morgan fingerprint density at radius 1 is 1.05 bits per heavy atom. The molecule has 0 bridgehead atoms. The molecule has 0 unspecified atom stereocenters. The van der Waals surface area contributed by atoms with Crippen LogP contribution in [0.4, 0.5) is 0 Å². The minimum absolute atomic E-state index is 0.964. The highest BCUT2D eigenvalue weighted by atomic mass is 15.1. The summed E-state index contributed by atoms with van der Waals surface area (Å²) in [5.41, 5.74) is 5.16. The maximum atomic E-state index is 4.72. The molecule has 1 N–H and O–H groups in total. The van der Waals surface area contributed by atoms with Crippen molar-refractivity contribution in [3.63, 3.8) is 0 Å². The second-order valence-electron chi connectivity index (χ2n) is 4.59. The van der Waals surface area contributed by atoms with Crippen molar-refractivity contribution in [1.29, 1.82) is 0 Å². The number of nitrogens with zero attached hydrogens (tertiary/aromatic N) is 3. The Labute approximate surface area is 109 Å². The molecule has 0 saturated carbocycles. The molecule has 0 aliphatic carbocycles. The van der Waals surface area contributed by atoms with E-state index in [1.807, 2.05) is 37.4 Å². The van der Waals surface area contributed by atoms with Gasteiger partial charge < -0.3 is 9.55 Å². The topological polar surface area (TPSA) is 46.5 Å². The Morgan fingerprint density at radius 2 is 1.89 bits per heavy atom. The van der Waals surface area contributed by atoms with Crippen LogP contribution in [0.5, 0.6) is 0 Å². The molecule has 19 heavy (non-hydrogen) atoms. The summed E-state index contributed by atoms with van der Waals surface area (Å²) in [6, 6.07) is 14.3. The lowest BCUT2D eigenvalue weighted by Crippen LogP contribution is -1.92. The lowest BCUT2D eigenvalue weighted by Gasteiger charge is -2.02. The van der Waals surface area contributed by atoms with Crippen molar-refractivity contribution in [1.82, 2.24) is 19.5 Å². The molecular formula is C15H12N4. The Morgan fingerprint density at radius 3 is 2.74 bits per heavy atom. The van der Waals surface area contributed by atoms with Crippen LogP contribution >= 0.6 is 0 Å². The van der Waals surface area contributed by atoms with Crippen molar-refractivity contribution >= 4 is 22.1 Å². The molecule has 92 valence electrons. The standard InChI is InChI=1S/C15H12N4/c1-19-14-12(8-7-11-13(14)17-9-16-11)18-15(19)10-5-3-2-4-6-10/h2-9H,1H3,(H,16,17). The number of hydrogen-bond acceptors (Lipinski definition) is 2. The molecule has 0 aliphatic heterocycles. The number of aromatic amines is 1. The van der Waals surface area contributed by atoms with Crippen LogP contribution in [0.1, 0.15) is 0 Å². The predicted octanol–water partition coefficient (Wildman–Crippen LogP) is 3.12. The van der Waals surface area contributed by atoms with E-state index in [2.05, 4.69) is 26.7 Å². The van der Waals surface area contributed by atoms with Crippen LogP contribution in [0.25, 0.3) is 33.5 Å². The van der Waals surface area contributed by atoms with Crippen molar-refractivity contribution in [3.05, 3.63) is 48.8 Å². The van der Waals surface area contributed by atoms with E-state index in [9.17, 15) is 0 Å². The first-order valence-corrected chi connectivity index (χ1v) is 6.18. The van der Waals surface area contributed by atoms with E-state index in [0.717, 1.165) is 33.5 Å². The first-order chi connectivity index (χ1) is 9.34. The van der Waals surface area contributed by atoms with Crippen LogP contribution < -0.4 is 0 Å². The second-order valence-corrected chi connectivity index (χ2v) is 4.59. The summed E-state index contributed by atoms with van der Waals surface area (Å²) in [6.45, 7) is 0. The summed E-state index contributed by atoms with van der Waals surface area (Å²) in [5, 5.41) is 0. The maximum absolute atomic E-state index is 4.72. The molecular weight excluding hydrogens is 236 g/mol. The van der Waals surface area contributed by atoms with Crippen molar-refractivity contribution < 1.29 is 0 Å². The molecule has 0 atom stereocenters. The highest BCUT2D eigenvalue weighted by Crippen LogP contribution is 2.27. The van der Waals surface area contributed by atoms with Crippen molar-refractivity contribution in [2.24, 2.45) is 7.05 Å². The van der Waals surface area contributed by atoms with Gasteiger partial charge in [0.15, 0.2) is 0 Å². The van der Waals surface area contributed by atoms with Crippen LogP contribution in [-0.2, 0) is 7.05 Å². The lowest BCUT2D eigenvalue weighted by atomic mass is 10.2. The zero-order valence-electron chi connectivity index (χ0n) is 10.5. The van der Waals surface area contributed by atoms with Gasteiger partial charge in [-0.3, -0.25) is 0 Å². The number of H-pyrrole nitrogens is 1. The first kappa shape index (κ1) is 10.3. The molecule has 4 aromatic rings. The third-order valence-electron chi connectivity index (χ3n) is 3.46. The molecule has 2 aromatic heterocycles. The van der Waals surface area contributed by atoms with Gasteiger partial charge in [0.2, 0.25) is 0 Å². The first-order valence-electron chi connectivity index (χ1n) is 6.18. The number of fused-ring (bicyclic) bond motifs is 3. The van der Waals surface area contributed by atoms with E-state index < -0.39 is 0 Å². The maximum Gasteiger partial charge on any atom is 0.140 e. The van der Waals surface area contributed by atoms with Gasteiger partial charge in [-0.2, -0.15) is 0 Å². The van der Waals surface area contributed by atoms with Crippen LogP contribution in [0, 0.1) is 0 Å². The van der Waals surface area contributed by atoms with Crippen LogP contribution in [-0.4, -0.2) is 19.5 Å². The largest absolute Gasteiger partial charge is 0.345 e. The van der Waals surface area contributed by atoms with Crippen molar-refractivity contribution in [2.45, 2.75) is 0 Å². The summed E-state index contributed by atoms with van der Waals surface area (Å²) in [5.74, 6) is 0.964. The Hall–Kier alpha value is -2.62. The molecule has 0 saturated heterocycles. The van der Waals surface area contributed by atoms with Crippen LogP contribution in [0.3, 0.4) is 0 Å². The van der Waals surface area contributed by atoms with E-state index >= 15 is 0 Å². The average Bonchev–Trinajstić information content (AvgIpc) is 3.04. The number of imidazole rings is 2. The number of hydrogen-bond donors (Lipinski definition) is 1. The number of aryl methyl sites for hydroxylation is 1. The fourth-order valence-corrected chi connectivity index (χ4v) is 2.54. The Balaban J connectivity index is 2.11. The summed E-state index contributed by atoms with van der Waals surface area (Å²) in [4.78, 5) is 12.3. The minimum Gasteiger partial charge on any atom is -0.345 e. The summed E-state index contributed by atoms with van der Waals surface area (Å²) in [7, 11) is 2.03. The number of aromatic nitrogens is 4. The van der Waals surface area contributed by atoms with Gasteiger partial charge >= 0.3 is 0 Å². The van der Waals surface area contributed by atoms with Crippen LogP contribution in [0.2, 0.25) is 0 Å². The summed E-state index contributed by atoms with van der Waals surface area (Å²) < 4.78 is 2.10. The molecule has 0 aliphatic rings. The van der Waals surface area contributed by atoms with Crippen molar-refractivity contribution in [2.75, 3.05) is 0 Å². The highest BCUT2D eigenvalue weighted by molar-refractivity contribution is 6.01. The third kappa shape index (κ3) is 1.40. The molecule has 0 fully saturated rings. The summed E-state index contributed by atoms with van der Waals surface area (Å²) in [6.07, 6.45) is 1.72. The van der Waals surface area contributed by atoms with E-state index in [1.165, 1.54) is 0 Å².